The van der Waals surface area contributed by atoms with Crippen LogP contribution >= 0.6 is 0 Å². The molecular weight excluding hydrogens is 396 g/mol. The van der Waals surface area contributed by atoms with Gasteiger partial charge in [-0.05, 0) is 42.5 Å². The monoisotopic (exact) mass is 426 g/mol. The molecule has 1 heterocycles. The molecule has 1 atom stereocenters. The van der Waals surface area contributed by atoms with Crippen molar-refractivity contribution >= 4 is 16.9 Å². The van der Waals surface area contributed by atoms with Crippen LogP contribution in [0.3, 0.4) is 0 Å². The number of rotatable bonds is 8. The largest absolute Gasteiger partial charge is 0.477 e. The van der Waals surface area contributed by atoms with Crippen molar-refractivity contribution in [1.29, 1.82) is 0 Å². The van der Waals surface area contributed by atoms with Crippen molar-refractivity contribution in [3.63, 3.8) is 0 Å². The normalized spacial score (nSPS) is 12.2. The first kappa shape index (κ1) is 21.8. The van der Waals surface area contributed by atoms with Gasteiger partial charge in [0.1, 0.15) is 5.69 Å². The summed E-state index contributed by atoms with van der Waals surface area (Å²) in [4.78, 5) is 12.4. The highest BCUT2D eigenvalue weighted by atomic mass is 16.4. The lowest BCUT2D eigenvalue weighted by atomic mass is 10.0. The number of aromatic nitrogens is 1. The second-order valence-electron chi connectivity index (χ2n) is 8.67. The van der Waals surface area contributed by atoms with Gasteiger partial charge in [0.05, 0.1) is 0 Å². The number of hydrogen-bond donors (Lipinski definition) is 2. The standard InChI is InChI=1S/C28H30N2O2/c1-19-9-12-22(13-10-19)18-30-26-15-20(2)11-14-24(26)25(27(30)28(31)32)17-29-16-21(3)23-7-5-4-6-8-23/h4-15,21,29H,16-18H2,1-3H3,(H,31,32). The van der Waals surface area contributed by atoms with Crippen molar-refractivity contribution in [1.82, 2.24) is 9.88 Å². The van der Waals surface area contributed by atoms with E-state index in [-0.39, 0.29) is 0 Å². The minimum absolute atomic E-state index is 0.340. The number of benzene rings is 3. The number of hydrogen-bond acceptors (Lipinski definition) is 2. The predicted molar refractivity (Wildman–Crippen MR) is 130 cm³/mol. The van der Waals surface area contributed by atoms with Gasteiger partial charge in [-0.3, -0.25) is 0 Å². The first-order valence-electron chi connectivity index (χ1n) is 11.1. The zero-order valence-electron chi connectivity index (χ0n) is 18.9. The van der Waals surface area contributed by atoms with Gasteiger partial charge in [-0.15, -0.1) is 0 Å². The molecule has 0 bridgehead atoms. The van der Waals surface area contributed by atoms with Gasteiger partial charge in [0.15, 0.2) is 0 Å². The Kier molecular flexibility index (Phi) is 6.42. The number of carboxylic acids is 1. The SMILES string of the molecule is Cc1ccc(Cn2c(C(=O)O)c(CNCC(C)c3ccccc3)c3ccc(C)cc32)cc1. The summed E-state index contributed by atoms with van der Waals surface area (Å²) in [6.07, 6.45) is 0. The molecule has 164 valence electrons. The highest BCUT2D eigenvalue weighted by Gasteiger charge is 2.22. The number of nitrogens with one attached hydrogen (secondary N) is 1. The van der Waals surface area contributed by atoms with Crippen molar-refractivity contribution in [3.05, 3.63) is 106 Å². The summed E-state index contributed by atoms with van der Waals surface area (Å²) in [5.41, 5.74) is 6.86. The van der Waals surface area contributed by atoms with Crippen LogP contribution in [0, 0.1) is 13.8 Å². The Morgan fingerprint density at radius 1 is 0.969 bits per heavy atom. The van der Waals surface area contributed by atoms with E-state index in [2.05, 4.69) is 85.9 Å². The summed E-state index contributed by atoms with van der Waals surface area (Å²) in [7, 11) is 0. The highest BCUT2D eigenvalue weighted by Crippen LogP contribution is 2.29. The third-order valence-corrected chi connectivity index (χ3v) is 6.11. The smallest absolute Gasteiger partial charge is 0.352 e. The van der Waals surface area contributed by atoms with Crippen molar-refractivity contribution in [2.24, 2.45) is 0 Å². The van der Waals surface area contributed by atoms with Crippen molar-refractivity contribution < 1.29 is 9.90 Å². The number of carboxylic acid groups (broad SMARTS) is 1. The number of aryl methyl sites for hydroxylation is 2. The lowest BCUT2D eigenvalue weighted by molar-refractivity contribution is 0.0684. The van der Waals surface area contributed by atoms with E-state index in [0.29, 0.717) is 24.7 Å². The zero-order chi connectivity index (χ0) is 22.7. The van der Waals surface area contributed by atoms with E-state index in [1.165, 1.54) is 11.1 Å². The fourth-order valence-corrected chi connectivity index (χ4v) is 4.31. The second kappa shape index (κ2) is 9.41. The van der Waals surface area contributed by atoms with Crippen molar-refractivity contribution in [2.45, 2.75) is 39.8 Å². The molecule has 4 heteroatoms. The molecule has 0 saturated heterocycles. The predicted octanol–water partition coefficient (Wildman–Crippen LogP) is 5.90. The molecule has 0 aliphatic rings. The average molecular weight is 427 g/mol. The molecule has 0 amide bonds. The van der Waals surface area contributed by atoms with Gasteiger partial charge >= 0.3 is 5.97 Å². The van der Waals surface area contributed by atoms with Crippen LogP contribution < -0.4 is 5.32 Å². The number of fused-ring (bicyclic) bond motifs is 1. The number of aromatic carboxylic acids is 1. The Balaban J connectivity index is 1.67. The molecule has 0 saturated carbocycles. The van der Waals surface area contributed by atoms with E-state index in [9.17, 15) is 9.90 Å². The van der Waals surface area contributed by atoms with E-state index in [1.54, 1.807) is 0 Å². The van der Waals surface area contributed by atoms with Crippen LogP contribution in [0.15, 0.2) is 72.8 Å². The molecule has 3 aromatic carbocycles. The zero-order valence-corrected chi connectivity index (χ0v) is 18.9. The molecule has 4 aromatic rings. The quantitative estimate of drug-likeness (QED) is 0.369. The molecule has 0 radical (unpaired) electrons. The van der Waals surface area contributed by atoms with Crippen LogP contribution in [-0.2, 0) is 13.1 Å². The van der Waals surface area contributed by atoms with Gasteiger partial charge in [-0.2, -0.15) is 0 Å². The van der Waals surface area contributed by atoms with E-state index in [1.807, 2.05) is 17.6 Å². The van der Waals surface area contributed by atoms with Gasteiger partial charge in [0.2, 0.25) is 0 Å². The molecule has 4 rings (SSSR count). The molecule has 32 heavy (non-hydrogen) atoms. The van der Waals surface area contributed by atoms with E-state index < -0.39 is 5.97 Å². The summed E-state index contributed by atoms with van der Waals surface area (Å²) in [6.45, 7) is 8.11. The molecule has 2 N–H and O–H groups in total. The average Bonchev–Trinajstić information content (AvgIpc) is 3.08. The Bertz CT molecular complexity index is 1220. The third kappa shape index (κ3) is 4.61. The van der Waals surface area contributed by atoms with E-state index in [4.69, 9.17) is 0 Å². The maximum atomic E-state index is 12.4. The van der Waals surface area contributed by atoms with Crippen molar-refractivity contribution in [2.75, 3.05) is 6.54 Å². The van der Waals surface area contributed by atoms with Crippen LogP contribution in [0.4, 0.5) is 0 Å². The van der Waals surface area contributed by atoms with E-state index in [0.717, 1.165) is 34.1 Å². The topological polar surface area (TPSA) is 54.3 Å². The minimum Gasteiger partial charge on any atom is -0.477 e. The molecular formula is C28H30N2O2. The van der Waals surface area contributed by atoms with Crippen molar-refractivity contribution in [3.8, 4) is 0 Å². The first-order chi connectivity index (χ1) is 15.4. The Hall–Kier alpha value is -3.37. The van der Waals surface area contributed by atoms with Gasteiger partial charge in [-0.1, -0.05) is 79.2 Å². The number of nitrogens with zero attached hydrogens (tertiary/aromatic N) is 1. The van der Waals surface area contributed by atoms with Gasteiger partial charge in [0.25, 0.3) is 0 Å². The highest BCUT2D eigenvalue weighted by molar-refractivity contribution is 5.98. The Morgan fingerprint density at radius 2 is 1.66 bits per heavy atom. The maximum absolute atomic E-state index is 12.4. The molecule has 0 aliphatic carbocycles. The molecule has 1 unspecified atom stereocenters. The van der Waals surface area contributed by atoms with Crippen LogP contribution in [-0.4, -0.2) is 22.2 Å². The van der Waals surface area contributed by atoms with Crippen LogP contribution in [0.2, 0.25) is 0 Å². The number of carbonyl (C=O) groups is 1. The van der Waals surface area contributed by atoms with Crippen LogP contribution in [0.25, 0.3) is 10.9 Å². The molecule has 4 nitrogen and oxygen atoms in total. The summed E-state index contributed by atoms with van der Waals surface area (Å²) in [5, 5.41) is 14.7. The Labute approximate surface area is 189 Å². The second-order valence-corrected chi connectivity index (χ2v) is 8.67. The third-order valence-electron chi connectivity index (χ3n) is 6.11. The first-order valence-corrected chi connectivity index (χ1v) is 11.1. The summed E-state index contributed by atoms with van der Waals surface area (Å²) >= 11 is 0. The lowest BCUT2D eigenvalue weighted by Gasteiger charge is -2.14. The van der Waals surface area contributed by atoms with Crippen LogP contribution in [0.5, 0.6) is 0 Å². The minimum atomic E-state index is -0.890. The van der Waals surface area contributed by atoms with E-state index >= 15 is 0 Å². The van der Waals surface area contributed by atoms with Gasteiger partial charge in [0, 0.05) is 36.1 Å². The lowest BCUT2D eigenvalue weighted by Crippen LogP contribution is -2.21. The molecule has 1 aromatic heterocycles. The fraction of sp³-hybridized carbons (Fsp3) is 0.250. The summed E-state index contributed by atoms with van der Waals surface area (Å²) < 4.78 is 1.95. The summed E-state index contributed by atoms with van der Waals surface area (Å²) in [5.74, 6) is -0.550. The fourth-order valence-electron chi connectivity index (χ4n) is 4.31. The summed E-state index contributed by atoms with van der Waals surface area (Å²) in [6, 6.07) is 24.9. The van der Waals surface area contributed by atoms with Gasteiger partial charge in [-0.25, -0.2) is 4.79 Å². The van der Waals surface area contributed by atoms with Gasteiger partial charge < -0.3 is 15.0 Å². The van der Waals surface area contributed by atoms with Crippen LogP contribution in [0.1, 0.15) is 51.1 Å². The molecule has 0 aliphatic heterocycles. The molecule has 0 spiro atoms. The molecule has 0 fully saturated rings. The Morgan fingerprint density at radius 3 is 2.34 bits per heavy atom. The maximum Gasteiger partial charge on any atom is 0.352 e.